The molecule has 0 unspecified atom stereocenters. The van der Waals surface area contributed by atoms with Gasteiger partial charge >= 0.3 is 0 Å². The summed E-state index contributed by atoms with van der Waals surface area (Å²) >= 11 is 3.48. The van der Waals surface area contributed by atoms with Gasteiger partial charge in [-0.1, -0.05) is 55.5 Å². The van der Waals surface area contributed by atoms with Crippen LogP contribution in [0.5, 0.6) is 11.5 Å². The number of benzene rings is 3. The molecule has 144 valence electrons. The zero-order valence-corrected chi connectivity index (χ0v) is 17.5. The van der Waals surface area contributed by atoms with Gasteiger partial charge in [0.25, 0.3) is 5.91 Å². The van der Waals surface area contributed by atoms with Crippen molar-refractivity contribution in [2.75, 3.05) is 12.4 Å². The molecule has 0 aliphatic carbocycles. The molecule has 0 atom stereocenters. The van der Waals surface area contributed by atoms with Crippen LogP contribution < -0.4 is 14.8 Å². The molecule has 1 N–H and O–H groups in total. The first-order chi connectivity index (χ1) is 13.6. The van der Waals surface area contributed by atoms with E-state index in [9.17, 15) is 4.79 Å². The number of methoxy groups -OCH3 is 1. The number of rotatable bonds is 7. The first-order valence-corrected chi connectivity index (χ1v) is 9.85. The molecule has 0 heterocycles. The summed E-state index contributed by atoms with van der Waals surface area (Å²) in [5, 5.41) is 2.99. The van der Waals surface area contributed by atoms with Gasteiger partial charge in [-0.2, -0.15) is 0 Å². The lowest BCUT2D eigenvalue weighted by molar-refractivity contribution is 0.102. The maximum absolute atomic E-state index is 12.8. The number of aryl methyl sites for hydroxylation is 1. The number of para-hydroxylation sites is 1. The summed E-state index contributed by atoms with van der Waals surface area (Å²) in [4.78, 5) is 12.8. The van der Waals surface area contributed by atoms with Gasteiger partial charge in [-0.15, -0.1) is 0 Å². The second-order valence-electron chi connectivity index (χ2n) is 6.23. The Kier molecular flexibility index (Phi) is 6.71. The molecule has 0 radical (unpaired) electrons. The second-order valence-corrected chi connectivity index (χ2v) is 7.08. The Morgan fingerprint density at radius 2 is 1.75 bits per heavy atom. The molecule has 4 nitrogen and oxygen atoms in total. The molecular weight excluding hydrogens is 418 g/mol. The van der Waals surface area contributed by atoms with E-state index < -0.39 is 0 Å². The molecule has 0 spiro atoms. The van der Waals surface area contributed by atoms with Crippen LogP contribution in [0.3, 0.4) is 0 Å². The number of carbonyl (C=O) groups is 1. The third-order valence-electron chi connectivity index (χ3n) is 4.36. The third kappa shape index (κ3) is 4.73. The lowest BCUT2D eigenvalue weighted by atomic mass is 10.1. The van der Waals surface area contributed by atoms with E-state index in [2.05, 4.69) is 28.2 Å². The largest absolute Gasteiger partial charge is 0.492 e. The minimum absolute atomic E-state index is 0.200. The number of hydrogen-bond acceptors (Lipinski definition) is 3. The summed E-state index contributed by atoms with van der Waals surface area (Å²) in [6.45, 7) is 2.44. The van der Waals surface area contributed by atoms with Gasteiger partial charge in [0.15, 0.2) is 11.5 Å². The highest BCUT2D eigenvalue weighted by atomic mass is 79.9. The van der Waals surface area contributed by atoms with Crippen molar-refractivity contribution >= 4 is 27.5 Å². The predicted molar refractivity (Wildman–Crippen MR) is 115 cm³/mol. The fraction of sp³-hybridized carbons (Fsp3) is 0.174. The van der Waals surface area contributed by atoms with E-state index in [1.165, 1.54) is 0 Å². The van der Waals surface area contributed by atoms with Crippen LogP contribution >= 0.6 is 15.9 Å². The van der Waals surface area contributed by atoms with E-state index in [1.54, 1.807) is 19.2 Å². The monoisotopic (exact) mass is 439 g/mol. The molecule has 0 aliphatic heterocycles. The topological polar surface area (TPSA) is 47.6 Å². The molecule has 3 aromatic carbocycles. The highest BCUT2D eigenvalue weighted by Crippen LogP contribution is 2.37. The molecule has 0 saturated carbocycles. The van der Waals surface area contributed by atoms with E-state index in [0.717, 1.165) is 23.2 Å². The van der Waals surface area contributed by atoms with E-state index in [4.69, 9.17) is 9.47 Å². The third-order valence-corrected chi connectivity index (χ3v) is 4.95. The molecule has 5 heteroatoms. The average molecular weight is 440 g/mol. The standard InChI is InChI=1S/C23H22BrNO3/c1-3-17-11-7-8-12-20(17)25-23(26)18-13-19(24)22(27-2)21(14-18)28-15-16-9-5-4-6-10-16/h4-14H,3,15H2,1-2H3,(H,25,26). The summed E-state index contributed by atoms with van der Waals surface area (Å²) in [5.41, 5.74) is 3.42. The molecule has 0 aromatic heterocycles. The fourth-order valence-corrected chi connectivity index (χ4v) is 3.49. The Balaban J connectivity index is 1.84. The van der Waals surface area contributed by atoms with Crippen molar-refractivity contribution in [3.8, 4) is 11.5 Å². The normalized spacial score (nSPS) is 10.4. The van der Waals surface area contributed by atoms with Crippen LogP contribution in [0, 0.1) is 0 Å². The zero-order chi connectivity index (χ0) is 19.9. The van der Waals surface area contributed by atoms with Gasteiger partial charge in [0.2, 0.25) is 0 Å². The van der Waals surface area contributed by atoms with Gasteiger partial charge < -0.3 is 14.8 Å². The highest BCUT2D eigenvalue weighted by molar-refractivity contribution is 9.10. The van der Waals surface area contributed by atoms with Gasteiger partial charge in [-0.25, -0.2) is 0 Å². The van der Waals surface area contributed by atoms with Crippen molar-refractivity contribution in [1.82, 2.24) is 0 Å². The van der Waals surface area contributed by atoms with Gasteiger partial charge in [-0.05, 0) is 51.7 Å². The van der Waals surface area contributed by atoms with E-state index in [1.807, 2.05) is 54.6 Å². The quantitative estimate of drug-likeness (QED) is 0.501. The molecule has 1 amide bonds. The lowest BCUT2D eigenvalue weighted by Gasteiger charge is -2.15. The second kappa shape index (κ2) is 9.42. The molecule has 3 rings (SSSR count). The molecule has 0 aliphatic rings. The Morgan fingerprint density at radius 1 is 1.04 bits per heavy atom. The van der Waals surface area contributed by atoms with Crippen molar-refractivity contribution in [2.24, 2.45) is 0 Å². The van der Waals surface area contributed by atoms with Crippen LogP contribution in [0.1, 0.15) is 28.4 Å². The Hall–Kier alpha value is -2.79. The van der Waals surface area contributed by atoms with Crippen LogP contribution in [0.2, 0.25) is 0 Å². The zero-order valence-electron chi connectivity index (χ0n) is 15.9. The van der Waals surface area contributed by atoms with Gasteiger partial charge in [-0.3, -0.25) is 4.79 Å². The summed E-state index contributed by atoms with van der Waals surface area (Å²) in [6, 6.07) is 21.1. The van der Waals surface area contributed by atoms with Crippen LogP contribution in [-0.4, -0.2) is 13.0 Å². The number of ether oxygens (including phenoxy) is 2. The summed E-state index contributed by atoms with van der Waals surface area (Å²) in [7, 11) is 1.58. The Labute approximate surface area is 173 Å². The van der Waals surface area contributed by atoms with Crippen molar-refractivity contribution in [1.29, 1.82) is 0 Å². The molecule has 28 heavy (non-hydrogen) atoms. The van der Waals surface area contributed by atoms with Crippen LogP contribution in [-0.2, 0) is 13.0 Å². The average Bonchev–Trinajstić information content (AvgIpc) is 2.73. The van der Waals surface area contributed by atoms with Gasteiger partial charge in [0, 0.05) is 11.3 Å². The summed E-state index contributed by atoms with van der Waals surface area (Å²) in [6.07, 6.45) is 0.841. The predicted octanol–water partition coefficient (Wildman–Crippen LogP) is 5.85. The number of hydrogen-bond donors (Lipinski definition) is 1. The van der Waals surface area contributed by atoms with Crippen LogP contribution in [0.15, 0.2) is 71.2 Å². The van der Waals surface area contributed by atoms with Gasteiger partial charge in [0.05, 0.1) is 11.6 Å². The maximum Gasteiger partial charge on any atom is 0.255 e. The van der Waals surface area contributed by atoms with E-state index in [0.29, 0.717) is 28.1 Å². The molecule has 3 aromatic rings. The molecular formula is C23H22BrNO3. The Morgan fingerprint density at radius 3 is 2.46 bits per heavy atom. The SMILES string of the molecule is CCc1ccccc1NC(=O)c1cc(Br)c(OC)c(OCc2ccccc2)c1. The maximum atomic E-state index is 12.8. The first kappa shape index (κ1) is 20.0. The molecule has 0 fully saturated rings. The highest BCUT2D eigenvalue weighted by Gasteiger charge is 2.16. The van der Waals surface area contributed by atoms with Crippen molar-refractivity contribution in [2.45, 2.75) is 20.0 Å². The first-order valence-electron chi connectivity index (χ1n) is 9.06. The minimum Gasteiger partial charge on any atom is -0.492 e. The fourth-order valence-electron chi connectivity index (χ4n) is 2.88. The lowest BCUT2D eigenvalue weighted by Crippen LogP contribution is -2.14. The van der Waals surface area contributed by atoms with E-state index >= 15 is 0 Å². The number of amides is 1. The number of carbonyl (C=O) groups excluding carboxylic acids is 1. The van der Waals surface area contributed by atoms with Crippen LogP contribution in [0.4, 0.5) is 5.69 Å². The number of anilines is 1. The summed E-state index contributed by atoms with van der Waals surface area (Å²) < 4.78 is 12.1. The van der Waals surface area contributed by atoms with Crippen molar-refractivity contribution < 1.29 is 14.3 Å². The number of halogens is 1. The van der Waals surface area contributed by atoms with Crippen molar-refractivity contribution in [3.05, 3.63) is 87.9 Å². The van der Waals surface area contributed by atoms with Crippen molar-refractivity contribution in [3.63, 3.8) is 0 Å². The molecule has 0 bridgehead atoms. The van der Waals surface area contributed by atoms with Gasteiger partial charge in [0.1, 0.15) is 6.61 Å². The van der Waals surface area contributed by atoms with Crippen LogP contribution in [0.25, 0.3) is 0 Å². The molecule has 0 saturated heterocycles. The summed E-state index contributed by atoms with van der Waals surface area (Å²) in [5.74, 6) is 0.866. The number of nitrogens with one attached hydrogen (secondary N) is 1. The Bertz CT molecular complexity index is 957. The minimum atomic E-state index is -0.200. The van der Waals surface area contributed by atoms with E-state index in [-0.39, 0.29) is 5.91 Å². The smallest absolute Gasteiger partial charge is 0.255 e.